The van der Waals surface area contributed by atoms with Crippen LogP contribution in [0.4, 0.5) is 0 Å². The first-order valence-electron chi connectivity index (χ1n) is 9.74. The van der Waals surface area contributed by atoms with E-state index >= 15 is 0 Å². The van der Waals surface area contributed by atoms with Gasteiger partial charge in [-0.2, -0.15) is 0 Å². The van der Waals surface area contributed by atoms with Crippen LogP contribution < -0.4 is 20.5 Å². The number of carbonyl (C=O) groups excluding carboxylic acids is 1. The van der Waals surface area contributed by atoms with Crippen molar-refractivity contribution >= 4 is 5.91 Å². The Morgan fingerprint density at radius 1 is 1.04 bits per heavy atom. The summed E-state index contributed by atoms with van der Waals surface area (Å²) in [5.74, 6) is 1.96. The van der Waals surface area contributed by atoms with Crippen LogP contribution in [0.2, 0.25) is 0 Å². The van der Waals surface area contributed by atoms with E-state index in [0.717, 1.165) is 49.4 Å². The lowest BCUT2D eigenvalue weighted by Gasteiger charge is -2.21. The summed E-state index contributed by atoms with van der Waals surface area (Å²) < 4.78 is 11.3. The highest BCUT2D eigenvalue weighted by Gasteiger charge is 2.23. The summed E-state index contributed by atoms with van der Waals surface area (Å²) in [4.78, 5) is 12.7. The average Bonchev–Trinajstić information content (AvgIpc) is 3.34. The molecule has 27 heavy (non-hydrogen) atoms. The number of rotatable bonds is 7. The third-order valence-corrected chi connectivity index (χ3v) is 5.41. The fourth-order valence-corrected chi connectivity index (χ4v) is 4.09. The van der Waals surface area contributed by atoms with Gasteiger partial charge in [0.2, 0.25) is 5.91 Å². The molecule has 2 aliphatic heterocycles. The fraction of sp³-hybridized carbons (Fsp3) is 0.409. The smallest absolute Gasteiger partial charge is 0.220 e. The summed E-state index contributed by atoms with van der Waals surface area (Å²) >= 11 is 0. The number of ether oxygens (including phenoxy) is 2. The van der Waals surface area contributed by atoms with Gasteiger partial charge in [-0.3, -0.25) is 4.79 Å². The second-order valence-electron chi connectivity index (χ2n) is 7.11. The Morgan fingerprint density at radius 3 is 2.52 bits per heavy atom. The first kappa shape index (κ1) is 17.9. The van der Waals surface area contributed by atoms with Crippen LogP contribution in [0.5, 0.6) is 11.5 Å². The lowest BCUT2D eigenvalue weighted by molar-refractivity contribution is -0.121. The Hall–Kier alpha value is -2.53. The van der Waals surface area contributed by atoms with Crippen molar-refractivity contribution in [1.82, 2.24) is 5.32 Å². The van der Waals surface area contributed by atoms with E-state index in [2.05, 4.69) is 17.4 Å². The summed E-state index contributed by atoms with van der Waals surface area (Å²) in [7, 11) is 0. The number of nitrogens with two attached hydrogens (primary N) is 1. The normalized spacial score (nSPS) is 15.4. The second-order valence-corrected chi connectivity index (χ2v) is 7.11. The molecule has 5 nitrogen and oxygen atoms in total. The molecule has 2 aliphatic rings. The van der Waals surface area contributed by atoms with E-state index in [-0.39, 0.29) is 11.9 Å². The van der Waals surface area contributed by atoms with E-state index in [1.54, 1.807) is 0 Å². The van der Waals surface area contributed by atoms with Crippen molar-refractivity contribution in [1.29, 1.82) is 0 Å². The predicted molar refractivity (Wildman–Crippen MR) is 104 cm³/mol. The molecule has 142 valence electrons. The van der Waals surface area contributed by atoms with Gasteiger partial charge < -0.3 is 20.5 Å². The number of carbonyl (C=O) groups is 1. The Balaban J connectivity index is 1.43. The lowest BCUT2D eigenvalue weighted by Crippen LogP contribution is -2.30. The van der Waals surface area contributed by atoms with E-state index in [9.17, 15) is 4.79 Å². The third-order valence-electron chi connectivity index (χ3n) is 5.41. The van der Waals surface area contributed by atoms with Crippen LogP contribution in [-0.4, -0.2) is 25.7 Å². The van der Waals surface area contributed by atoms with Crippen LogP contribution in [0.1, 0.15) is 41.1 Å². The van der Waals surface area contributed by atoms with Crippen molar-refractivity contribution in [3.8, 4) is 11.5 Å². The zero-order valence-corrected chi connectivity index (χ0v) is 15.5. The van der Waals surface area contributed by atoms with Gasteiger partial charge in [0.05, 0.1) is 19.3 Å². The van der Waals surface area contributed by atoms with Gasteiger partial charge in [0, 0.05) is 30.4 Å². The van der Waals surface area contributed by atoms with Crippen LogP contribution in [0, 0.1) is 0 Å². The number of amides is 1. The van der Waals surface area contributed by atoms with E-state index in [4.69, 9.17) is 15.2 Å². The molecule has 2 aromatic carbocycles. The first-order chi connectivity index (χ1) is 13.3. The van der Waals surface area contributed by atoms with Gasteiger partial charge in [-0.15, -0.1) is 0 Å². The quantitative estimate of drug-likeness (QED) is 0.790. The molecular formula is C22H26N2O3. The van der Waals surface area contributed by atoms with Crippen molar-refractivity contribution in [3.63, 3.8) is 0 Å². The molecule has 0 saturated carbocycles. The maximum absolute atomic E-state index is 12.7. The van der Waals surface area contributed by atoms with Gasteiger partial charge in [0.1, 0.15) is 11.5 Å². The second kappa shape index (κ2) is 8.01. The van der Waals surface area contributed by atoms with E-state index in [0.29, 0.717) is 19.6 Å². The summed E-state index contributed by atoms with van der Waals surface area (Å²) in [6.45, 7) is 1.97. The highest BCUT2D eigenvalue weighted by atomic mass is 16.5. The summed E-state index contributed by atoms with van der Waals surface area (Å²) in [5, 5.41) is 3.20. The molecular weight excluding hydrogens is 340 g/mol. The Morgan fingerprint density at radius 2 is 1.74 bits per heavy atom. The first-order valence-corrected chi connectivity index (χ1v) is 9.74. The Bertz CT molecular complexity index is 834. The summed E-state index contributed by atoms with van der Waals surface area (Å²) in [5.41, 5.74) is 10.6. The molecule has 2 heterocycles. The highest BCUT2D eigenvalue weighted by Crippen LogP contribution is 2.33. The molecule has 2 aromatic rings. The minimum Gasteiger partial charge on any atom is -0.493 e. The van der Waals surface area contributed by atoms with Gasteiger partial charge in [-0.25, -0.2) is 0 Å². The van der Waals surface area contributed by atoms with Crippen LogP contribution in [0.15, 0.2) is 36.4 Å². The van der Waals surface area contributed by atoms with Gasteiger partial charge in [0.15, 0.2) is 0 Å². The van der Waals surface area contributed by atoms with Crippen molar-refractivity contribution in [3.05, 3.63) is 58.7 Å². The number of fused-ring (bicyclic) bond motifs is 2. The predicted octanol–water partition coefficient (Wildman–Crippen LogP) is 2.70. The van der Waals surface area contributed by atoms with Gasteiger partial charge in [0.25, 0.3) is 0 Å². The number of nitrogens with one attached hydrogen (secondary N) is 1. The van der Waals surface area contributed by atoms with Gasteiger partial charge >= 0.3 is 0 Å². The zero-order valence-electron chi connectivity index (χ0n) is 15.5. The molecule has 5 heteroatoms. The Kier molecular flexibility index (Phi) is 5.30. The monoisotopic (exact) mass is 366 g/mol. The molecule has 0 radical (unpaired) electrons. The minimum absolute atomic E-state index is 0.0569. The molecule has 0 bridgehead atoms. The summed E-state index contributed by atoms with van der Waals surface area (Å²) in [6, 6.07) is 12.1. The van der Waals surface area contributed by atoms with Crippen LogP contribution >= 0.6 is 0 Å². The molecule has 0 aliphatic carbocycles. The van der Waals surface area contributed by atoms with Crippen molar-refractivity contribution < 1.29 is 14.3 Å². The van der Waals surface area contributed by atoms with Crippen LogP contribution in [0.25, 0.3) is 0 Å². The van der Waals surface area contributed by atoms with Gasteiger partial charge in [-0.05, 0) is 42.6 Å². The van der Waals surface area contributed by atoms with Crippen molar-refractivity contribution in [2.24, 2.45) is 5.73 Å². The number of hydrogen-bond donors (Lipinski definition) is 2. The van der Waals surface area contributed by atoms with Crippen LogP contribution in [-0.2, 0) is 24.1 Å². The Labute approximate surface area is 159 Å². The maximum Gasteiger partial charge on any atom is 0.220 e. The fourth-order valence-electron chi connectivity index (χ4n) is 4.09. The van der Waals surface area contributed by atoms with Crippen LogP contribution in [0.3, 0.4) is 0 Å². The molecule has 1 unspecified atom stereocenters. The minimum atomic E-state index is -0.0658. The third kappa shape index (κ3) is 3.78. The van der Waals surface area contributed by atoms with Gasteiger partial charge in [-0.1, -0.05) is 24.3 Å². The number of hydrogen-bond acceptors (Lipinski definition) is 4. The zero-order chi connectivity index (χ0) is 18.6. The average molecular weight is 366 g/mol. The van der Waals surface area contributed by atoms with Crippen molar-refractivity contribution in [2.75, 3.05) is 19.8 Å². The maximum atomic E-state index is 12.7. The standard InChI is InChI=1S/C22H26N2O3/c23-12-9-19(17-4-2-6-21-18(17)11-14-27-21)24-22(25)8-7-15-3-1-5-20-16(15)10-13-26-20/h1-6,19H,7-14,23H2,(H,24,25). The molecule has 1 amide bonds. The molecule has 4 rings (SSSR count). The van der Waals surface area contributed by atoms with E-state index in [1.807, 2.05) is 24.3 Å². The number of aryl methyl sites for hydroxylation is 1. The number of benzene rings is 2. The van der Waals surface area contributed by atoms with E-state index in [1.165, 1.54) is 16.7 Å². The highest BCUT2D eigenvalue weighted by molar-refractivity contribution is 5.77. The molecule has 0 saturated heterocycles. The topological polar surface area (TPSA) is 73.6 Å². The largest absolute Gasteiger partial charge is 0.493 e. The molecule has 0 fully saturated rings. The molecule has 3 N–H and O–H groups in total. The van der Waals surface area contributed by atoms with E-state index < -0.39 is 0 Å². The summed E-state index contributed by atoms with van der Waals surface area (Å²) in [6.07, 6.45) is 3.72. The lowest BCUT2D eigenvalue weighted by atomic mass is 9.95. The SMILES string of the molecule is NCCC(NC(=O)CCc1cccc2c1CCO2)c1cccc2c1CCO2. The molecule has 0 aromatic heterocycles. The molecule has 0 spiro atoms. The molecule has 1 atom stereocenters. The van der Waals surface area contributed by atoms with Crippen molar-refractivity contribution in [2.45, 2.75) is 38.1 Å².